The fourth-order valence-corrected chi connectivity index (χ4v) is 2.66. The molecule has 110 valence electrons. The van der Waals surface area contributed by atoms with Crippen molar-refractivity contribution < 1.29 is 9.31 Å². The standard InChI is InChI=1S/C15H21FN2O2/c1-3-15(2)6-8-17(9-7-15)11-12-4-5-14(18(19)20)13(16)10-12/h4-5,10H,3,6-9,11H2,1-2H3. The third-order valence-electron chi connectivity index (χ3n) is 4.53. The van der Waals surface area contributed by atoms with Crippen LogP contribution in [-0.4, -0.2) is 22.9 Å². The molecule has 2 rings (SSSR count). The smallest absolute Gasteiger partial charge is 0.299 e. The summed E-state index contributed by atoms with van der Waals surface area (Å²) in [5.41, 5.74) is 0.774. The molecule has 0 aromatic heterocycles. The van der Waals surface area contributed by atoms with Gasteiger partial charge in [0, 0.05) is 12.6 Å². The van der Waals surface area contributed by atoms with Gasteiger partial charge in [0.05, 0.1) is 4.92 Å². The van der Waals surface area contributed by atoms with Gasteiger partial charge in [-0.2, -0.15) is 4.39 Å². The highest BCUT2D eigenvalue weighted by atomic mass is 19.1. The van der Waals surface area contributed by atoms with Gasteiger partial charge >= 0.3 is 5.69 Å². The molecular weight excluding hydrogens is 259 g/mol. The predicted octanol–water partition coefficient (Wildman–Crippen LogP) is 3.75. The highest BCUT2D eigenvalue weighted by Crippen LogP contribution is 2.34. The summed E-state index contributed by atoms with van der Waals surface area (Å²) in [6.45, 7) is 7.21. The lowest BCUT2D eigenvalue weighted by molar-refractivity contribution is -0.387. The van der Waals surface area contributed by atoms with Crippen molar-refractivity contribution in [1.82, 2.24) is 4.90 Å². The van der Waals surface area contributed by atoms with Gasteiger partial charge in [-0.3, -0.25) is 15.0 Å². The molecule has 0 saturated carbocycles. The highest BCUT2D eigenvalue weighted by molar-refractivity contribution is 5.35. The van der Waals surface area contributed by atoms with Crippen LogP contribution in [0.1, 0.15) is 38.7 Å². The predicted molar refractivity (Wildman–Crippen MR) is 76.0 cm³/mol. The molecule has 0 aliphatic carbocycles. The quantitative estimate of drug-likeness (QED) is 0.623. The Balaban J connectivity index is 1.98. The number of nitro benzene ring substituents is 1. The molecule has 1 aromatic rings. The van der Waals surface area contributed by atoms with E-state index in [0.29, 0.717) is 12.0 Å². The molecule has 0 unspecified atom stereocenters. The third kappa shape index (κ3) is 3.33. The summed E-state index contributed by atoms with van der Waals surface area (Å²) in [6.07, 6.45) is 3.49. The van der Waals surface area contributed by atoms with Crippen molar-refractivity contribution in [3.05, 3.63) is 39.7 Å². The lowest BCUT2D eigenvalue weighted by atomic mass is 9.78. The number of nitrogens with zero attached hydrogens (tertiary/aromatic N) is 2. The Morgan fingerprint density at radius 2 is 2.05 bits per heavy atom. The number of piperidine rings is 1. The van der Waals surface area contributed by atoms with Gasteiger partial charge in [0.2, 0.25) is 5.82 Å². The van der Waals surface area contributed by atoms with Gasteiger partial charge in [-0.15, -0.1) is 0 Å². The zero-order valence-electron chi connectivity index (χ0n) is 12.1. The van der Waals surface area contributed by atoms with Crippen LogP contribution in [-0.2, 0) is 6.54 Å². The molecule has 5 heteroatoms. The number of benzene rings is 1. The number of likely N-dealkylation sites (tertiary alicyclic amines) is 1. The van der Waals surface area contributed by atoms with Crippen LogP contribution >= 0.6 is 0 Å². The molecule has 0 radical (unpaired) electrons. The van der Waals surface area contributed by atoms with Crippen LogP contribution in [0.3, 0.4) is 0 Å². The Morgan fingerprint density at radius 1 is 1.40 bits per heavy atom. The minimum Gasteiger partial charge on any atom is -0.299 e. The van der Waals surface area contributed by atoms with Gasteiger partial charge < -0.3 is 0 Å². The van der Waals surface area contributed by atoms with Gasteiger partial charge in [0.25, 0.3) is 0 Å². The lowest BCUT2D eigenvalue weighted by Crippen LogP contribution is -2.37. The van der Waals surface area contributed by atoms with Crippen LogP contribution in [0, 0.1) is 21.3 Å². The lowest BCUT2D eigenvalue weighted by Gasteiger charge is -2.38. The third-order valence-corrected chi connectivity index (χ3v) is 4.53. The maximum Gasteiger partial charge on any atom is 0.304 e. The van der Waals surface area contributed by atoms with Gasteiger partial charge in [-0.25, -0.2) is 0 Å². The number of nitro groups is 1. The molecule has 1 heterocycles. The Bertz CT molecular complexity index is 497. The van der Waals surface area contributed by atoms with E-state index >= 15 is 0 Å². The van der Waals surface area contributed by atoms with Crippen molar-refractivity contribution in [2.45, 2.75) is 39.7 Å². The average molecular weight is 280 g/mol. The summed E-state index contributed by atoms with van der Waals surface area (Å²) in [5.74, 6) is -0.747. The first-order valence-electron chi connectivity index (χ1n) is 7.09. The Kier molecular flexibility index (Phi) is 4.38. The van der Waals surface area contributed by atoms with E-state index in [0.717, 1.165) is 31.5 Å². The van der Waals surface area contributed by atoms with E-state index in [9.17, 15) is 14.5 Å². The van der Waals surface area contributed by atoms with Gasteiger partial charge in [0.15, 0.2) is 0 Å². The van der Waals surface area contributed by atoms with Gasteiger partial charge in [0.1, 0.15) is 0 Å². The molecular formula is C15H21FN2O2. The SMILES string of the molecule is CCC1(C)CCN(Cc2ccc([N+](=O)[O-])c(F)c2)CC1. The molecule has 1 saturated heterocycles. The van der Waals surface area contributed by atoms with Crippen LogP contribution in [0.25, 0.3) is 0 Å². The van der Waals surface area contributed by atoms with Crippen molar-refractivity contribution in [2.24, 2.45) is 5.41 Å². The fourth-order valence-electron chi connectivity index (χ4n) is 2.66. The molecule has 20 heavy (non-hydrogen) atoms. The zero-order chi connectivity index (χ0) is 14.8. The highest BCUT2D eigenvalue weighted by Gasteiger charge is 2.28. The van der Waals surface area contributed by atoms with Crippen LogP contribution in [0.4, 0.5) is 10.1 Å². The molecule has 0 N–H and O–H groups in total. The number of halogens is 1. The van der Waals surface area contributed by atoms with Crippen molar-refractivity contribution in [3.63, 3.8) is 0 Å². The molecule has 4 nitrogen and oxygen atoms in total. The Labute approximate surface area is 118 Å². The van der Waals surface area contributed by atoms with E-state index < -0.39 is 16.4 Å². The minimum atomic E-state index is -0.747. The second-order valence-corrected chi connectivity index (χ2v) is 5.98. The summed E-state index contributed by atoms with van der Waals surface area (Å²) in [4.78, 5) is 12.2. The van der Waals surface area contributed by atoms with E-state index in [-0.39, 0.29) is 0 Å². The van der Waals surface area contributed by atoms with Crippen LogP contribution in [0.15, 0.2) is 18.2 Å². The normalized spacial score (nSPS) is 18.9. The Hall–Kier alpha value is -1.49. The monoisotopic (exact) mass is 280 g/mol. The summed E-state index contributed by atoms with van der Waals surface area (Å²) in [6, 6.07) is 4.19. The maximum absolute atomic E-state index is 13.6. The van der Waals surface area contributed by atoms with Gasteiger partial charge in [-0.1, -0.05) is 26.3 Å². The van der Waals surface area contributed by atoms with Crippen molar-refractivity contribution in [1.29, 1.82) is 0 Å². The first-order chi connectivity index (χ1) is 9.43. The fraction of sp³-hybridized carbons (Fsp3) is 0.600. The first-order valence-corrected chi connectivity index (χ1v) is 7.09. The average Bonchev–Trinajstić information content (AvgIpc) is 2.41. The van der Waals surface area contributed by atoms with Gasteiger partial charge in [-0.05, 0) is 43.0 Å². The second kappa shape index (κ2) is 5.87. The molecule has 0 amide bonds. The molecule has 0 bridgehead atoms. The Morgan fingerprint density at radius 3 is 2.55 bits per heavy atom. The molecule has 1 aliphatic heterocycles. The zero-order valence-corrected chi connectivity index (χ0v) is 12.1. The second-order valence-electron chi connectivity index (χ2n) is 5.98. The topological polar surface area (TPSA) is 46.4 Å². The number of hydrogen-bond donors (Lipinski definition) is 0. The maximum atomic E-state index is 13.6. The molecule has 0 spiro atoms. The van der Waals surface area contributed by atoms with E-state index in [4.69, 9.17) is 0 Å². The largest absolute Gasteiger partial charge is 0.304 e. The molecule has 1 fully saturated rings. The van der Waals surface area contributed by atoms with Crippen molar-refractivity contribution in [2.75, 3.05) is 13.1 Å². The van der Waals surface area contributed by atoms with Crippen LogP contribution < -0.4 is 0 Å². The first kappa shape index (κ1) is 14.9. The molecule has 1 aromatic carbocycles. The van der Waals surface area contributed by atoms with Crippen molar-refractivity contribution in [3.8, 4) is 0 Å². The minimum absolute atomic E-state index is 0.428. The summed E-state index contributed by atoms with van der Waals surface area (Å²) in [5, 5.41) is 10.6. The molecule has 0 atom stereocenters. The summed E-state index contributed by atoms with van der Waals surface area (Å²) < 4.78 is 13.6. The van der Waals surface area contributed by atoms with Crippen LogP contribution in [0.2, 0.25) is 0 Å². The molecule has 1 aliphatic rings. The number of hydrogen-bond acceptors (Lipinski definition) is 3. The van der Waals surface area contributed by atoms with E-state index in [1.807, 2.05) is 0 Å². The number of rotatable bonds is 4. The summed E-state index contributed by atoms with van der Waals surface area (Å²) in [7, 11) is 0. The van der Waals surface area contributed by atoms with E-state index in [2.05, 4.69) is 18.7 Å². The van der Waals surface area contributed by atoms with E-state index in [1.54, 1.807) is 6.07 Å². The van der Waals surface area contributed by atoms with Crippen molar-refractivity contribution >= 4 is 5.69 Å². The summed E-state index contributed by atoms with van der Waals surface area (Å²) >= 11 is 0. The van der Waals surface area contributed by atoms with Crippen LogP contribution in [0.5, 0.6) is 0 Å². The van der Waals surface area contributed by atoms with E-state index in [1.165, 1.54) is 18.6 Å².